The second-order valence-electron chi connectivity index (χ2n) is 7.65. The molecule has 0 fully saturated rings. The van der Waals surface area contributed by atoms with Crippen LogP contribution in [-0.4, -0.2) is 101 Å². The summed E-state index contributed by atoms with van der Waals surface area (Å²) < 4.78 is 0. The molecule has 0 saturated heterocycles. The first-order valence-corrected chi connectivity index (χ1v) is 10.4. The van der Waals surface area contributed by atoms with Gasteiger partial charge < -0.3 is 30.0 Å². The van der Waals surface area contributed by atoms with Gasteiger partial charge in [0.05, 0.1) is 28.0 Å². The van der Waals surface area contributed by atoms with Gasteiger partial charge in [-0.05, 0) is 38.8 Å². The van der Waals surface area contributed by atoms with Crippen LogP contribution >= 0.6 is 0 Å². The van der Waals surface area contributed by atoms with Crippen molar-refractivity contribution in [2.24, 2.45) is 0 Å². The molecule has 0 unspecified atom stereocenters. The fraction of sp³-hybridized carbons (Fsp3) is 0.240. The van der Waals surface area contributed by atoms with E-state index in [4.69, 9.17) is 10.1 Å². The van der Waals surface area contributed by atoms with Crippen LogP contribution in [0.15, 0.2) is 24.8 Å². The van der Waals surface area contributed by atoms with Crippen molar-refractivity contribution in [3.8, 4) is 0 Å². The Kier molecular flexibility index (Phi) is 23.4. The molecule has 2 N–H and O–H groups in total. The number of rotatable bonds is 5. The third-order valence-electron chi connectivity index (χ3n) is 5.21. The summed E-state index contributed by atoms with van der Waals surface area (Å²) in [6.45, 7) is 8.39. The summed E-state index contributed by atoms with van der Waals surface area (Å²) in [6, 6.07) is 0. The number of aliphatic carboxylic acids is 1. The number of nitrogens with one attached hydrogen (secondary N) is 2. The van der Waals surface area contributed by atoms with Gasteiger partial charge in [0.25, 0.3) is 6.47 Å². The normalized spacial score (nSPS) is 9.05. The predicted octanol–water partition coefficient (Wildman–Crippen LogP) is -5.24. The number of aromatic nitrogens is 4. The number of hydrogen-bond acceptors (Lipinski definition) is 10. The molecule has 0 saturated carbocycles. The maximum atomic E-state index is 11.7. The molecular formula is C25H26K3N4O8. The van der Waals surface area contributed by atoms with Gasteiger partial charge in [0.2, 0.25) is 11.6 Å². The Balaban J connectivity index is -0.000000555. The van der Waals surface area contributed by atoms with E-state index < -0.39 is 23.3 Å². The molecule has 0 amide bonds. The van der Waals surface area contributed by atoms with E-state index in [1.165, 1.54) is 13.1 Å². The van der Waals surface area contributed by atoms with Gasteiger partial charge in [-0.15, -0.1) is 0 Å². The molecule has 4 heterocycles. The van der Waals surface area contributed by atoms with Crippen molar-refractivity contribution in [3.05, 3.63) is 58.4 Å². The van der Waals surface area contributed by atoms with Crippen LogP contribution in [0.1, 0.15) is 57.6 Å². The van der Waals surface area contributed by atoms with E-state index in [0.717, 1.165) is 33.4 Å². The third kappa shape index (κ3) is 11.0. The topological polar surface area (TPSA) is 198 Å². The van der Waals surface area contributed by atoms with E-state index in [1.54, 1.807) is 32.4 Å². The van der Waals surface area contributed by atoms with Gasteiger partial charge in [0.15, 0.2) is 5.78 Å². The van der Waals surface area contributed by atoms with Gasteiger partial charge in [-0.1, -0.05) is 7.43 Å². The number of ketones is 3. The van der Waals surface area contributed by atoms with E-state index >= 15 is 0 Å². The molecule has 4 aromatic rings. The van der Waals surface area contributed by atoms with E-state index in [0.29, 0.717) is 16.5 Å². The fourth-order valence-corrected chi connectivity index (χ4v) is 3.54. The van der Waals surface area contributed by atoms with Crippen molar-refractivity contribution in [1.82, 2.24) is 19.9 Å². The number of aromatic amines is 2. The Morgan fingerprint density at radius 2 is 1.18 bits per heavy atom. The molecule has 40 heavy (non-hydrogen) atoms. The number of H-pyrrole nitrogens is 2. The summed E-state index contributed by atoms with van der Waals surface area (Å²) in [7, 11) is 0. The van der Waals surface area contributed by atoms with Crippen LogP contribution in [0.4, 0.5) is 0 Å². The fourth-order valence-electron chi connectivity index (χ4n) is 3.54. The molecule has 15 heteroatoms. The molecule has 1 radical (unpaired) electrons. The summed E-state index contributed by atoms with van der Waals surface area (Å²) >= 11 is 0. The molecule has 4 rings (SSSR count). The monoisotopic (exact) mass is 627 g/mol. The van der Waals surface area contributed by atoms with Gasteiger partial charge in [0.1, 0.15) is 5.97 Å². The summed E-state index contributed by atoms with van der Waals surface area (Å²) in [5.41, 5.74) is 5.26. The van der Waals surface area contributed by atoms with Gasteiger partial charge in [-0.3, -0.25) is 29.1 Å². The molecule has 0 aliphatic heterocycles. The van der Waals surface area contributed by atoms with Gasteiger partial charge >= 0.3 is 103 Å². The van der Waals surface area contributed by atoms with Crippen LogP contribution in [0.25, 0.3) is 21.8 Å². The Morgan fingerprint density at radius 1 is 0.825 bits per heavy atom. The zero-order valence-corrected chi connectivity index (χ0v) is 32.4. The van der Waals surface area contributed by atoms with Crippen molar-refractivity contribution in [1.29, 1.82) is 0 Å². The van der Waals surface area contributed by atoms with E-state index in [1.807, 2.05) is 13.8 Å². The van der Waals surface area contributed by atoms with Crippen LogP contribution in [0.5, 0.6) is 0 Å². The summed E-state index contributed by atoms with van der Waals surface area (Å²) in [6.07, 6.45) is 6.28. The SMILES string of the molecule is C.CC(=O)C(=O)c1c[nH]c2c(C)ncc(C)c12.Cc1ncc(C)c2c(C(=O)C(=O)[O-])c[nH]c12.O=CO[O-].[K+].[K+].[K]. The smallest absolute Gasteiger partial charge is 0.662 e. The minimum atomic E-state index is -1.70. The molecule has 0 aliphatic rings. The van der Waals surface area contributed by atoms with Gasteiger partial charge in [-0.25, -0.2) is 0 Å². The Bertz CT molecular complexity index is 1390. The first-order valence-electron chi connectivity index (χ1n) is 10.4. The predicted molar refractivity (Wildman–Crippen MR) is 135 cm³/mol. The number of aryl methyl sites for hydroxylation is 4. The van der Waals surface area contributed by atoms with Gasteiger partial charge in [0, 0.05) is 99.4 Å². The number of fused-ring (bicyclic) bond motifs is 2. The number of hydrogen-bond donors (Lipinski definition) is 2. The van der Waals surface area contributed by atoms with E-state index in [-0.39, 0.29) is 174 Å². The van der Waals surface area contributed by atoms with Crippen LogP contribution in [-0.2, 0) is 19.3 Å². The molecule has 0 aliphatic carbocycles. The zero-order chi connectivity index (χ0) is 27.2. The summed E-state index contributed by atoms with van der Waals surface area (Å²) in [4.78, 5) is 70.1. The maximum absolute atomic E-state index is 11.7. The Hall–Kier alpha value is 0.199. The van der Waals surface area contributed by atoms with E-state index in [2.05, 4.69) is 24.8 Å². The molecule has 4 aromatic heterocycles. The van der Waals surface area contributed by atoms with Crippen LogP contribution < -0.4 is 113 Å². The first-order chi connectivity index (χ1) is 17.0. The molecular weight excluding hydrogens is 602 g/mol. The average Bonchev–Trinajstić information content (AvgIpc) is 3.50. The molecule has 0 bridgehead atoms. The Labute approximate surface area is 358 Å². The van der Waals surface area contributed by atoms with Crippen molar-refractivity contribution in [2.45, 2.75) is 42.0 Å². The van der Waals surface area contributed by atoms with Crippen molar-refractivity contribution in [2.75, 3.05) is 0 Å². The standard InChI is InChI=1S/C12H12N2O2.C11H10N2O3.CH2O3.CH4.3K/c1-6-4-13-7(2)11-10(6)9(5-14-11)12(16)8(3)15;1-5-3-12-6(2)9-8(5)7(4-13-9)10(14)11(15)16;2-1-4-3;;;;/h4-5,14H,1-3H3;3-4,13H,1-2H3,(H,15,16);1,3H;1H4;;;/q;;;;;2*+1/p-2. The quantitative estimate of drug-likeness (QED) is 0.0538. The van der Waals surface area contributed by atoms with Gasteiger partial charge in [-0.2, -0.15) is 0 Å². The van der Waals surface area contributed by atoms with Crippen molar-refractivity contribution >= 4 is 103 Å². The summed E-state index contributed by atoms with van der Waals surface area (Å²) in [5.74, 6) is -3.62. The first kappa shape index (κ1) is 44.6. The third-order valence-corrected chi connectivity index (χ3v) is 5.21. The van der Waals surface area contributed by atoms with Crippen molar-refractivity contribution < 1.29 is 142 Å². The second kappa shape index (κ2) is 21.0. The minimum absolute atomic E-state index is 0. The molecule has 197 valence electrons. The number of Topliss-reactive ketones (excluding diaryl/α,β-unsaturated/α-hetero) is 3. The van der Waals surface area contributed by atoms with E-state index in [9.17, 15) is 24.3 Å². The number of carboxylic acids is 1. The number of pyridine rings is 2. The molecule has 0 aromatic carbocycles. The average molecular weight is 628 g/mol. The maximum Gasteiger partial charge on any atom is 1.00 e. The zero-order valence-electron chi connectivity index (χ0n) is 23.0. The van der Waals surface area contributed by atoms with Crippen LogP contribution in [0.3, 0.4) is 0 Å². The largest absolute Gasteiger partial charge is 1.00 e. The number of carbonyl (C=O) groups excluding carboxylic acids is 5. The van der Waals surface area contributed by atoms with Crippen LogP contribution in [0.2, 0.25) is 0 Å². The number of carboxylic acid groups (broad SMARTS) is 1. The molecule has 0 atom stereocenters. The van der Waals surface area contributed by atoms with Crippen molar-refractivity contribution in [3.63, 3.8) is 0 Å². The minimum Gasteiger partial charge on any atom is -0.662 e. The Morgan fingerprint density at radius 3 is 1.48 bits per heavy atom. The molecule has 12 nitrogen and oxygen atoms in total. The number of nitrogens with zero attached hydrogens (tertiary/aromatic N) is 2. The van der Waals surface area contributed by atoms with Crippen LogP contribution in [0, 0.1) is 27.7 Å². The molecule has 0 spiro atoms. The second-order valence-corrected chi connectivity index (χ2v) is 7.65. The number of carbonyl (C=O) groups is 5. The summed E-state index contributed by atoms with van der Waals surface area (Å²) in [5, 5.41) is 20.4.